The van der Waals surface area contributed by atoms with E-state index in [0.29, 0.717) is 37.7 Å². The third-order valence-electron chi connectivity index (χ3n) is 5.31. The third-order valence-corrected chi connectivity index (χ3v) is 7.50. The van der Waals surface area contributed by atoms with Gasteiger partial charge in [-0.25, -0.2) is 10.1 Å². The number of carbonyl (C=O) groups is 1. The number of benzene rings is 1. The molecule has 0 fully saturated rings. The normalized spacial score (nSPS) is 13.8. The van der Waals surface area contributed by atoms with Crippen molar-refractivity contribution in [3.05, 3.63) is 48.4 Å². The van der Waals surface area contributed by atoms with Gasteiger partial charge in [0.05, 0.1) is 25.4 Å². The number of H-pyrrole nitrogens is 1. The molecule has 0 aliphatic rings. The van der Waals surface area contributed by atoms with Crippen LogP contribution in [0.1, 0.15) is 38.7 Å². The molecule has 35 heavy (non-hydrogen) atoms. The zero-order valence-electron chi connectivity index (χ0n) is 20.5. The number of rotatable bonds is 15. The highest BCUT2D eigenvalue weighted by molar-refractivity contribution is 7.57. The van der Waals surface area contributed by atoms with E-state index in [4.69, 9.17) is 14.0 Å². The predicted molar refractivity (Wildman–Crippen MR) is 135 cm³/mol. The molecule has 11 heteroatoms. The molecule has 3 rings (SSSR count). The molecule has 0 aliphatic carbocycles. The van der Waals surface area contributed by atoms with E-state index in [2.05, 4.69) is 32.3 Å². The van der Waals surface area contributed by atoms with Crippen LogP contribution in [-0.2, 0) is 20.6 Å². The summed E-state index contributed by atoms with van der Waals surface area (Å²) in [6, 6.07) is 8.15. The summed E-state index contributed by atoms with van der Waals surface area (Å²) in [6.45, 7) is 5.49. The largest absolute Gasteiger partial charge is 0.476 e. The highest BCUT2D eigenvalue weighted by Gasteiger charge is 2.29. The van der Waals surface area contributed by atoms with E-state index >= 15 is 0 Å². The minimum atomic E-state index is -3.36. The average Bonchev–Trinajstić information content (AvgIpc) is 3.28. The molecule has 2 unspecified atom stereocenters. The summed E-state index contributed by atoms with van der Waals surface area (Å²) in [5, 5.41) is 6.20. The lowest BCUT2D eigenvalue weighted by atomic mass is 10.3. The third kappa shape index (κ3) is 7.78. The van der Waals surface area contributed by atoms with Crippen molar-refractivity contribution in [1.82, 2.24) is 25.4 Å². The van der Waals surface area contributed by atoms with Crippen LogP contribution < -0.4 is 19.7 Å². The van der Waals surface area contributed by atoms with Crippen molar-refractivity contribution >= 4 is 24.5 Å². The van der Waals surface area contributed by atoms with Gasteiger partial charge in [0.1, 0.15) is 23.6 Å². The predicted octanol–water partition coefficient (Wildman–Crippen LogP) is 4.04. The van der Waals surface area contributed by atoms with Gasteiger partial charge in [-0.05, 0) is 38.4 Å². The molecule has 0 aliphatic heterocycles. The minimum Gasteiger partial charge on any atom is -0.476 e. The van der Waals surface area contributed by atoms with E-state index in [1.54, 1.807) is 31.2 Å². The van der Waals surface area contributed by atoms with Gasteiger partial charge in [-0.3, -0.25) is 9.36 Å². The Bertz CT molecular complexity index is 1120. The maximum atomic E-state index is 13.5. The summed E-state index contributed by atoms with van der Waals surface area (Å²) in [7, 11) is -2.06. The lowest BCUT2D eigenvalue weighted by Crippen LogP contribution is -2.35. The number of hydrogen-bond donors (Lipinski definition) is 3. The molecule has 0 saturated carbocycles. The number of para-hydroxylation sites is 1. The molecule has 1 aromatic carbocycles. The molecule has 0 saturated heterocycles. The topological polar surface area (TPSA) is 127 Å². The van der Waals surface area contributed by atoms with Gasteiger partial charge in [0, 0.05) is 18.3 Å². The first-order valence-corrected chi connectivity index (χ1v) is 13.6. The zero-order valence-corrected chi connectivity index (χ0v) is 21.3. The molecule has 2 aromatic heterocycles. The van der Waals surface area contributed by atoms with Crippen molar-refractivity contribution in [3.8, 4) is 11.6 Å². The number of aromatic amines is 1. The SMILES string of the molecule is CCCCOc1ncnc2c(CNCCCP(=O)(NC(C)C(=O)OC)Oc3ccccc3)c[nH]c12. The number of ether oxygens (including phenoxy) is 2. The summed E-state index contributed by atoms with van der Waals surface area (Å²) < 4.78 is 29.8. The van der Waals surface area contributed by atoms with Crippen molar-refractivity contribution in [1.29, 1.82) is 0 Å². The van der Waals surface area contributed by atoms with Crippen LogP contribution in [-0.4, -0.2) is 53.4 Å². The Morgan fingerprint density at radius 1 is 1.20 bits per heavy atom. The van der Waals surface area contributed by atoms with Gasteiger partial charge in [-0.1, -0.05) is 31.5 Å². The van der Waals surface area contributed by atoms with E-state index in [0.717, 1.165) is 29.4 Å². The van der Waals surface area contributed by atoms with Gasteiger partial charge in [-0.15, -0.1) is 0 Å². The standard InChI is InChI=1S/C24H34N5O5P/c1-4-5-13-33-23-22-21(27-17-28-23)19(16-26-22)15-25-12-9-14-35(31,29-18(2)24(30)32-3)34-20-10-7-6-8-11-20/h6-8,10-11,16-18,25-26H,4-5,9,12-15H2,1-3H3,(H,29,31). The number of unbranched alkanes of at least 4 members (excludes halogenated alkanes) is 1. The monoisotopic (exact) mass is 503 g/mol. The van der Waals surface area contributed by atoms with Crippen molar-refractivity contribution in [2.75, 3.05) is 26.4 Å². The number of methoxy groups -OCH3 is 1. The summed E-state index contributed by atoms with van der Waals surface area (Å²) in [4.78, 5) is 23.7. The minimum absolute atomic E-state index is 0.238. The molecule has 0 radical (unpaired) electrons. The van der Waals surface area contributed by atoms with Crippen LogP contribution in [0.3, 0.4) is 0 Å². The fourth-order valence-electron chi connectivity index (χ4n) is 3.48. The quantitative estimate of drug-likeness (QED) is 0.160. The maximum Gasteiger partial charge on any atom is 0.323 e. The van der Waals surface area contributed by atoms with E-state index < -0.39 is 19.5 Å². The van der Waals surface area contributed by atoms with E-state index in [1.807, 2.05) is 12.3 Å². The van der Waals surface area contributed by atoms with Gasteiger partial charge >= 0.3 is 13.5 Å². The Balaban J connectivity index is 1.56. The fraction of sp³-hybridized carbons (Fsp3) is 0.458. The van der Waals surface area contributed by atoms with Gasteiger partial charge in [0.2, 0.25) is 5.88 Å². The van der Waals surface area contributed by atoms with Gasteiger partial charge in [0.15, 0.2) is 0 Å². The van der Waals surface area contributed by atoms with Gasteiger partial charge in [0.25, 0.3) is 0 Å². The van der Waals surface area contributed by atoms with Crippen molar-refractivity contribution in [2.24, 2.45) is 0 Å². The molecule has 0 amide bonds. The van der Waals surface area contributed by atoms with E-state index in [-0.39, 0.29) is 6.16 Å². The Kier molecular flexibility index (Phi) is 10.1. The maximum absolute atomic E-state index is 13.5. The number of fused-ring (bicyclic) bond motifs is 1. The molecule has 0 bridgehead atoms. The number of esters is 1. The Hall–Kier alpha value is -2.94. The van der Waals surface area contributed by atoms with Crippen LogP contribution in [0.25, 0.3) is 11.0 Å². The number of nitrogens with zero attached hydrogens (tertiary/aromatic N) is 2. The van der Waals surface area contributed by atoms with Gasteiger partial charge in [-0.2, -0.15) is 4.98 Å². The Morgan fingerprint density at radius 3 is 2.74 bits per heavy atom. The van der Waals surface area contributed by atoms with Crippen LogP contribution in [0, 0.1) is 0 Å². The number of nitrogens with one attached hydrogen (secondary N) is 3. The highest BCUT2D eigenvalue weighted by atomic mass is 31.2. The van der Waals surface area contributed by atoms with Crippen LogP contribution in [0.2, 0.25) is 0 Å². The highest BCUT2D eigenvalue weighted by Crippen LogP contribution is 2.44. The summed E-state index contributed by atoms with van der Waals surface area (Å²) in [5.41, 5.74) is 2.58. The molecular formula is C24H34N5O5P. The molecule has 2 heterocycles. The number of aromatic nitrogens is 3. The summed E-state index contributed by atoms with van der Waals surface area (Å²) in [5.74, 6) is 0.530. The van der Waals surface area contributed by atoms with Crippen LogP contribution in [0.5, 0.6) is 11.6 Å². The second kappa shape index (κ2) is 13.2. The molecule has 2 atom stereocenters. The van der Waals surface area contributed by atoms with E-state index in [9.17, 15) is 9.36 Å². The van der Waals surface area contributed by atoms with Crippen LogP contribution in [0.15, 0.2) is 42.9 Å². The molecule has 0 spiro atoms. The van der Waals surface area contributed by atoms with Gasteiger partial charge < -0.3 is 24.3 Å². The second-order valence-corrected chi connectivity index (χ2v) is 10.4. The zero-order chi connectivity index (χ0) is 25.1. The van der Waals surface area contributed by atoms with E-state index in [1.165, 1.54) is 13.4 Å². The number of hydrogen-bond acceptors (Lipinski definition) is 8. The van der Waals surface area contributed by atoms with Crippen molar-refractivity contribution in [3.63, 3.8) is 0 Å². The molecule has 190 valence electrons. The fourth-order valence-corrected chi connectivity index (χ4v) is 5.48. The first-order chi connectivity index (χ1) is 17.0. The van der Waals surface area contributed by atoms with Crippen LogP contribution >= 0.6 is 7.52 Å². The summed E-state index contributed by atoms with van der Waals surface area (Å²) >= 11 is 0. The first-order valence-electron chi connectivity index (χ1n) is 11.8. The first kappa shape index (κ1) is 26.7. The smallest absolute Gasteiger partial charge is 0.323 e. The van der Waals surface area contributed by atoms with Crippen LogP contribution in [0.4, 0.5) is 0 Å². The summed E-state index contributed by atoms with van der Waals surface area (Å²) in [6.07, 6.45) is 6.21. The van der Waals surface area contributed by atoms with Crippen molar-refractivity contribution < 1.29 is 23.4 Å². The second-order valence-electron chi connectivity index (χ2n) is 8.12. The Labute approximate surface area is 205 Å². The van der Waals surface area contributed by atoms with Crippen molar-refractivity contribution in [2.45, 2.75) is 45.7 Å². The molecular weight excluding hydrogens is 469 g/mol. The average molecular weight is 504 g/mol. The number of carbonyl (C=O) groups excluding carboxylic acids is 1. The molecule has 3 N–H and O–H groups in total. The lowest BCUT2D eigenvalue weighted by molar-refractivity contribution is -0.142. The molecule has 3 aromatic rings. The lowest BCUT2D eigenvalue weighted by Gasteiger charge is -2.23. The Morgan fingerprint density at radius 2 is 2.00 bits per heavy atom. The molecule has 10 nitrogen and oxygen atoms in total.